The van der Waals surface area contributed by atoms with Gasteiger partial charge in [0.05, 0.1) is 18.9 Å². The lowest BCUT2D eigenvalue weighted by Crippen LogP contribution is -2.37. The molecular weight excluding hydrogens is 395 g/mol. The Labute approximate surface area is 181 Å². The van der Waals surface area contributed by atoms with Crippen molar-refractivity contribution >= 4 is 17.3 Å². The van der Waals surface area contributed by atoms with Crippen molar-refractivity contribution in [2.75, 3.05) is 41.8 Å². The summed E-state index contributed by atoms with van der Waals surface area (Å²) in [4.78, 5) is 6.96. The van der Waals surface area contributed by atoms with Crippen molar-refractivity contribution in [1.29, 1.82) is 0 Å². The van der Waals surface area contributed by atoms with Crippen LogP contribution in [0, 0.1) is 12.7 Å². The van der Waals surface area contributed by atoms with Gasteiger partial charge >= 0.3 is 0 Å². The highest BCUT2D eigenvalue weighted by Crippen LogP contribution is 2.30. The summed E-state index contributed by atoms with van der Waals surface area (Å²) in [5.41, 5.74) is 3.56. The number of nitrogens with one attached hydrogen (secondary N) is 2. The summed E-state index contributed by atoms with van der Waals surface area (Å²) in [6, 6.07) is 17.9. The number of morpholine rings is 1. The van der Waals surface area contributed by atoms with Crippen molar-refractivity contribution in [3.8, 4) is 0 Å². The third kappa shape index (κ3) is 5.31. The van der Waals surface area contributed by atoms with Crippen LogP contribution in [0.4, 0.5) is 21.7 Å². The van der Waals surface area contributed by atoms with Gasteiger partial charge in [0.2, 0.25) is 0 Å². The normalized spacial score (nSPS) is 14.9. The van der Waals surface area contributed by atoms with Gasteiger partial charge < -0.3 is 25.4 Å². The Morgan fingerprint density at radius 1 is 1.06 bits per heavy atom. The molecule has 2 heterocycles. The summed E-state index contributed by atoms with van der Waals surface area (Å²) in [6.07, 6.45) is -0.846. The van der Waals surface area contributed by atoms with Gasteiger partial charge in [0.1, 0.15) is 11.6 Å². The molecule has 0 bridgehead atoms. The Morgan fingerprint density at radius 2 is 1.81 bits per heavy atom. The molecule has 3 N–H and O–H groups in total. The second-order valence-electron chi connectivity index (χ2n) is 7.55. The van der Waals surface area contributed by atoms with E-state index in [1.807, 2.05) is 43.3 Å². The number of pyridine rings is 1. The quantitative estimate of drug-likeness (QED) is 0.499. The van der Waals surface area contributed by atoms with Gasteiger partial charge in [-0.2, -0.15) is 0 Å². The largest absolute Gasteiger partial charge is 0.378 e. The predicted octanol–water partition coefficient (Wildman–Crippen LogP) is 4.08. The second-order valence-corrected chi connectivity index (χ2v) is 7.55. The van der Waals surface area contributed by atoms with Crippen LogP contribution in [-0.4, -0.2) is 36.4 Å². The maximum absolute atomic E-state index is 13.1. The number of aliphatic hydroxyl groups excluding tert-OH is 1. The van der Waals surface area contributed by atoms with Crippen LogP contribution >= 0.6 is 0 Å². The van der Waals surface area contributed by atoms with E-state index in [4.69, 9.17) is 9.72 Å². The second kappa shape index (κ2) is 9.76. The van der Waals surface area contributed by atoms with E-state index in [0.717, 1.165) is 41.3 Å². The van der Waals surface area contributed by atoms with Crippen LogP contribution in [0.1, 0.15) is 22.9 Å². The number of aryl methyl sites for hydroxylation is 1. The number of aliphatic hydroxyl groups is 1. The highest BCUT2D eigenvalue weighted by atomic mass is 19.1. The number of hydrogen-bond acceptors (Lipinski definition) is 6. The fraction of sp³-hybridized carbons (Fsp3) is 0.292. The molecule has 1 aromatic heterocycles. The maximum Gasteiger partial charge on any atom is 0.154 e. The predicted molar refractivity (Wildman–Crippen MR) is 121 cm³/mol. The minimum absolute atomic E-state index is 0.251. The number of aromatic nitrogens is 1. The van der Waals surface area contributed by atoms with E-state index in [0.29, 0.717) is 25.6 Å². The van der Waals surface area contributed by atoms with E-state index < -0.39 is 6.23 Å². The molecule has 2 aromatic carbocycles. The van der Waals surface area contributed by atoms with Crippen molar-refractivity contribution in [2.24, 2.45) is 0 Å². The molecule has 0 aliphatic carbocycles. The van der Waals surface area contributed by atoms with Gasteiger partial charge in [0.25, 0.3) is 0 Å². The molecule has 31 heavy (non-hydrogen) atoms. The van der Waals surface area contributed by atoms with Crippen molar-refractivity contribution in [3.05, 3.63) is 83.2 Å². The molecule has 1 fully saturated rings. The van der Waals surface area contributed by atoms with Gasteiger partial charge in [-0.25, -0.2) is 9.37 Å². The van der Waals surface area contributed by atoms with Crippen molar-refractivity contribution < 1.29 is 14.2 Å². The van der Waals surface area contributed by atoms with Gasteiger partial charge in [0, 0.05) is 25.2 Å². The molecule has 0 amide bonds. The Morgan fingerprint density at radius 3 is 2.55 bits per heavy atom. The lowest BCUT2D eigenvalue weighted by Gasteiger charge is -2.30. The van der Waals surface area contributed by atoms with Crippen LogP contribution in [-0.2, 0) is 11.3 Å². The zero-order valence-corrected chi connectivity index (χ0v) is 17.5. The first-order valence-electron chi connectivity index (χ1n) is 10.4. The lowest BCUT2D eigenvalue weighted by atomic mass is 10.1. The smallest absolute Gasteiger partial charge is 0.154 e. The zero-order valence-electron chi connectivity index (χ0n) is 17.5. The van der Waals surface area contributed by atoms with E-state index in [1.165, 1.54) is 12.1 Å². The minimum Gasteiger partial charge on any atom is -0.378 e. The van der Waals surface area contributed by atoms with Crippen molar-refractivity contribution in [3.63, 3.8) is 0 Å². The fourth-order valence-corrected chi connectivity index (χ4v) is 3.59. The highest BCUT2D eigenvalue weighted by molar-refractivity contribution is 5.69. The van der Waals surface area contributed by atoms with Gasteiger partial charge in [0.15, 0.2) is 12.0 Å². The SMILES string of the molecule is Cc1ccccc1C(O)Nc1ccc(NCc2ccc(F)cc2)nc1N1CCOCC1. The number of ether oxygens (including phenoxy) is 1. The van der Waals surface area contributed by atoms with Gasteiger partial charge in [-0.1, -0.05) is 36.4 Å². The Hall–Kier alpha value is -3.16. The summed E-state index contributed by atoms with van der Waals surface area (Å²) in [5.74, 6) is 1.22. The zero-order chi connectivity index (χ0) is 21.6. The number of hydrogen-bond donors (Lipinski definition) is 3. The standard InChI is InChI=1S/C24H27FN4O2/c1-17-4-2-3-5-20(17)24(30)27-21-10-11-22(26-16-18-6-8-19(25)9-7-18)28-23(21)29-12-14-31-15-13-29/h2-11,24,27,30H,12-16H2,1H3,(H,26,28). The molecule has 0 saturated carbocycles. The first kappa shape index (κ1) is 21.1. The van der Waals surface area contributed by atoms with Crippen LogP contribution in [0.2, 0.25) is 0 Å². The molecule has 1 aliphatic heterocycles. The third-order valence-corrected chi connectivity index (χ3v) is 5.35. The van der Waals surface area contributed by atoms with E-state index in [2.05, 4.69) is 15.5 Å². The number of rotatable bonds is 7. The van der Waals surface area contributed by atoms with Crippen molar-refractivity contribution in [2.45, 2.75) is 19.7 Å². The third-order valence-electron chi connectivity index (χ3n) is 5.35. The number of halogens is 1. The Balaban J connectivity index is 1.55. The Bertz CT molecular complexity index is 1010. The first-order valence-corrected chi connectivity index (χ1v) is 10.4. The molecule has 1 unspecified atom stereocenters. The van der Waals surface area contributed by atoms with Gasteiger partial charge in [-0.15, -0.1) is 0 Å². The van der Waals surface area contributed by atoms with E-state index in [9.17, 15) is 9.50 Å². The minimum atomic E-state index is -0.846. The average molecular weight is 423 g/mol. The summed E-state index contributed by atoms with van der Waals surface area (Å²) in [7, 11) is 0. The van der Waals surface area contributed by atoms with Gasteiger partial charge in [-0.05, 0) is 42.3 Å². The molecule has 1 atom stereocenters. The van der Waals surface area contributed by atoms with Crippen molar-refractivity contribution in [1.82, 2.24) is 4.98 Å². The molecule has 3 aromatic rings. The average Bonchev–Trinajstić information content (AvgIpc) is 2.80. The summed E-state index contributed by atoms with van der Waals surface area (Å²) < 4.78 is 18.6. The molecule has 7 heteroatoms. The fourth-order valence-electron chi connectivity index (χ4n) is 3.59. The van der Waals surface area contributed by atoms with Crippen LogP contribution in [0.3, 0.4) is 0 Å². The molecule has 1 saturated heterocycles. The van der Waals surface area contributed by atoms with Crippen LogP contribution in [0.5, 0.6) is 0 Å². The van der Waals surface area contributed by atoms with E-state index in [1.54, 1.807) is 12.1 Å². The molecule has 4 rings (SSSR count). The van der Waals surface area contributed by atoms with Crippen LogP contribution in [0.25, 0.3) is 0 Å². The molecule has 0 radical (unpaired) electrons. The number of benzene rings is 2. The molecular formula is C24H27FN4O2. The molecule has 0 spiro atoms. The van der Waals surface area contributed by atoms with Crippen LogP contribution < -0.4 is 15.5 Å². The number of anilines is 3. The van der Waals surface area contributed by atoms with Crippen LogP contribution in [0.15, 0.2) is 60.7 Å². The number of nitrogens with zero attached hydrogens (tertiary/aromatic N) is 2. The topological polar surface area (TPSA) is 69.7 Å². The van der Waals surface area contributed by atoms with E-state index in [-0.39, 0.29) is 5.82 Å². The summed E-state index contributed by atoms with van der Waals surface area (Å²) in [5, 5.41) is 17.3. The first-order chi connectivity index (χ1) is 15.1. The summed E-state index contributed by atoms with van der Waals surface area (Å²) >= 11 is 0. The maximum atomic E-state index is 13.1. The van der Waals surface area contributed by atoms with Gasteiger partial charge in [-0.3, -0.25) is 0 Å². The molecule has 6 nitrogen and oxygen atoms in total. The molecule has 1 aliphatic rings. The summed E-state index contributed by atoms with van der Waals surface area (Å²) in [6.45, 7) is 5.23. The highest BCUT2D eigenvalue weighted by Gasteiger charge is 2.19. The molecule has 162 valence electrons. The Kier molecular flexibility index (Phi) is 6.64. The lowest BCUT2D eigenvalue weighted by molar-refractivity contribution is 0.122. The monoisotopic (exact) mass is 422 g/mol. The van der Waals surface area contributed by atoms with E-state index >= 15 is 0 Å².